The van der Waals surface area contributed by atoms with E-state index in [4.69, 9.17) is 14.2 Å². The van der Waals surface area contributed by atoms with Crippen molar-refractivity contribution >= 4 is 17.9 Å². The second kappa shape index (κ2) is 43.5. The van der Waals surface area contributed by atoms with E-state index in [1.165, 1.54) is 161 Å². The number of unbranched alkanes of at least 4 members (excludes halogenated alkanes) is 28. The van der Waals surface area contributed by atoms with Gasteiger partial charge in [0, 0.05) is 19.3 Å². The molecule has 1 atom stereocenters. The summed E-state index contributed by atoms with van der Waals surface area (Å²) in [5, 5.41) is 0. The topological polar surface area (TPSA) is 78.9 Å². The number of rotatable bonds is 45. The minimum Gasteiger partial charge on any atom is -0.462 e. The van der Waals surface area contributed by atoms with Crippen molar-refractivity contribution in [3.8, 4) is 0 Å². The predicted molar refractivity (Wildman–Crippen MR) is 247 cm³/mol. The summed E-state index contributed by atoms with van der Waals surface area (Å²) in [4.78, 5) is 37.9. The monoisotopic (exact) mass is 821 g/mol. The van der Waals surface area contributed by atoms with E-state index in [2.05, 4.69) is 41.5 Å². The average Bonchev–Trinajstić information content (AvgIpc) is 3.18. The molecule has 0 N–H and O–H groups in total. The molecule has 0 radical (unpaired) electrons. The Morgan fingerprint density at radius 1 is 0.293 bits per heavy atom. The second-order valence-corrected chi connectivity index (χ2v) is 19.2. The first-order valence-electron chi connectivity index (χ1n) is 25.6. The summed E-state index contributed by atoms with van der Waals surface area (Å²) in [6.07, 6.45) is 42.3. The Kier molecular flexibility index (Phi) is 42.3. The zero-order chi connectivity index (χ0) is 42.7. The summed E-state index contributed by atoms with van der Waals surface area (Å²) in [5.74, 6) is 1.60. The van der Waals surface area contributed by atoms with Crippen LogP contribution in [0.15, 0.2) is 0 Å². The van der Waals surface area contributed by atoms with Crippen LogP contribution in [0.25, 0.3) is 0 Å². The number of hydrogen-bond acceptors (Lipinski definition) is 6. The molecule has 0 aromatic rings. The van der Waals surface area contributed by atoms with Crippen LogP contribution < -0.4 is 0 Å². The molecule has 0 saturated carbocycles. The maximum Gasteiger partial charge on any atom is 0.306 e. The third-order valence-corrected chi connectivity index (χ3v) is 11.6. The van der Waals surface area contributed by atoms with Gasteiger partial charge in [0.05, 0.1) is 0 Å². The minimum atomic E-state index is -0.762. The Morgan fingerprint density at radius 2 is 0.500 bits per heavy atom. The molecular weight excluding hydrogens is 721 g/mol. The lowest BCUT2D eigenvalue weighted by Crippen LogP contribution is -2.30. The number of esters is 3. The van der Waals surface area contributed by atoms with Gasteiger partial charge in [0.1, 0.15) is 13.2 Å². The van der Waals surface area contributed by atoms with Crippen molar-refractivity contribution < 1.29 is 28.6 Å². The predicted octanol–water partition coefficient (Wildman–Crippen LogP) is 16.4. The molecule has 0 amide bonds. The van der Waals surface area contributed by atoms with Gasteiger partial charge in [-0.05, 0) is 37.0 Å². The highest BCUT2D eigenvalue weighted by atomic mass is 16.6. The van der Waals surface area contributed by atoms with Gasteiger partial charge in [-0.25, -0.2) is 0 Å². The SMILES string of the molecule is CC(C)CCCCCCCCCCCCCCC(=O)OC[C@@H](COC(=O)CCCCCCCCCCC(C)C)OC(=O)CCCCCCCCCCCCCC(C)C. The minimum absolute atomic E-state index is 0.0650. The molecule has 0 spiro atoms. The van der Waals surface area contributed by atoms with E-state index in [9.17, 15) is 14.4 Å². The summed E-state index contributed by atoms with van der Waals surface area (Å²) in [6, 6.07) is 0. The van der Waals surface area contributed by atoms with E-state index in [1.54, 1.807) is 0 Å². The van der Waals surface area contributed by atoms with Crippen molar-refractivity contribution in [2.24, 2.45) is 17.8 Å². The lowest BCUT2D eigenvalue weighted by molar-refractivity contribution is -0.167. The van der Waals surface area contributed by atoms with Crippen molar-refractivity contribution in [2.75, 3.05) is 13.2 Å². The van der Waals surface area contributed by atoms with E-state index < -0.39 is 6.10 Å². The van der Waals surface area contributed by atoms with Crippen LogP contribution in [0.5, 0.6) is 0 Å². The highest BCUT2D eigenvalue weighted by molar-refractivity contribution is 5.71. The summed E-state index contributed by atoms with van der Waals surface area (Å²) in [6.45, 7) is 13.7. The van der Waals surface area contributed by atoms with E-state index in [0.717, 1.165) is 75.5 Å². The van der Waals surface area contributed by atoms with Gasteiger partial charge in [0.2, 0.25) is 0 Å². The number of carbonyl (C=O) groups is 3. The van der Waals surface area contributed by atoms with Gasteiger partial charge in [-0.3, -0.25) is 14.4 Å². The zero-order valence-electron chi connectivity index (χ0n) is 39.8. The van der Waals surface area contributed by atoms with Crippen LogP contribution in [0, 0.1) is 17.8 Å². The molecule has 0 aliphatic rings. The van der Waals surface area contributed by atoms with Gasteiger partial charge >= 0.3 is 17.9 Å². The first kappa shape index (κ1) is 56.4. The molecular formula is C52H100O6. The number of ether oxygens (including phenoxy) is 3. The van der Waals surface area contributed by atoms with Crippen LogP contribution in [0.2, 0.25) is 0 Å². The largest absolute Gasteiger partial charge is 0.462 e. The molecule has 0 aromatic carbocycles. The van der Waals surface area contributed by atoms with Crippen LogP contribution in [-0.4, -0.2) is 37.2 Å². The lowest BCUT2D eigenvalue weighted by atomic mass is 10.0. The van der Waals surface area contributed by atoms with Gasteiger partial charge in [-0.15, -0.1) is 0 Å². The molecule has 0 heterocycles. The summed E-state index contributed by atoms with van der Waals surface area (Å²) in [5.41, 5.74) is 0. The van der Waals surface area contributed by atoms with Gasteiger partial charge in [0.25, 0.3) is 0 Å². The fraction of sp³-hybridized carbons (Fsp3) is 0.942. The third-order valence-electron chi connectivity index (χ3n) is 11.6. The molecule has 58 heavy (non-hydrogen) atoms. The summed E-state index contributed by atoms with van der Waals surface area (Å²) >= 11 is 0. The van der Waals surface area contributed by atoms with Gasteiger partial charge in [0.15, 0.2) is 6.10 Å². The second-order valence-electron chi connectivity index (χ2n) is 19.2. The van der Waals surface area contributed by atoms with Gasteiger partial charge in [-0.1, -0.05) is 241 Å². The van der Waals surface area contributed by atoms with Crippen LogP contribution in [0.1, 0.15) is 279 Å². The van der Waals surface area contributed by atoms with Gasteiger partial charge < -0.3 is 14.2 Å². The van der Waals surface area contributed by atoms with Crippen molar-refractivity contribution in [1.82, 2.24) is 0 Å². The molecule has 6 heteroatoms. The molecule has 344 valence electrons. The first-order valence-corrected chi connectivity index (χ1v) is 25.6. The molecule has 0 unspecified atom stereocenters. The van der Waals surface area contributed by atoms with Crippen LogP contribution in [0.3, 0.4) is 0 Å². The molecule has 6 nitrogen and oxygen atoms in total. The number of carbonyl (C=O) groups excluding carboxylic acids is 3. The van der Waals surface area contributed by atoms with Crippen molar-refractivity contribution in [2.45, 2.75) is 285 Å². The van der Waals surface area contributed by atoms with Crippen molar-refractivity contribution in [3.05, 3.63) is 0 Å². The fourth-order valence-electron chi connectivity index (χ4n) is 7.76. The standard InChI is InChI=1S/C52H100O6/c1-46(2)38-32-26-20-14-10-7-8-12-16-23-29-35-41-50(53)56-44-49(45-57-51(54)42-36-30-24-19-18-22-28-34-40-48(5)6)58-52(55)43-37-31-25-17-13-9-11-15-21-27-33-39-47(3)4/h46-49H,7-45H2,1-6H3/t49-/m0/s1. The van der Waals surface area contributed by atoms with E-state index >= 15 is 0 Å². The maximum atomic E-state index is 12.8. The smallest absolute Gasteiger partial charge is 0.306 e. The average molecular weight is 821 g/mol. The van der Waals surface area contributed by atoms with E-state index in [-0.39, 0.29) is 31.1 Å². The van der Waals surface area contributed by atoms with Crippen molar-refractivity contribution in [1.29, 1.82) is 0 Å². The van der Waals surface area contributed by atoms with Crippen LogP contribution in [0.4, 0.5) is 0 Å². The molecule has 0 fully saturated rings. The maximum absolute atomic E-state index is 12.8. The Bertz CT molecular complexity index is 898. The van der Waals surface area contributed by atoms with Crippen molar-refractivity contribution in [3.63, 3.8) is 0 Å². The number of hydrogen-bond donors (Lipinski definition) is 0. The summed E-state index contributed by atoms with van der Waals surface area (Å²) in [7, 11) is 0. The van der Waals surface area contributed by atoms with E-state index in [0.29, 0.717) is 19.3 Å². The lowest BCUT2D eigenvalue weighted by Gasteiger charge is -2.18. The summed E-state index contributed by atoms with van der Waals surface area (Å²) < 4.78 is 16.8. The Balaban J connectivity index is 4.32. The highest BCUT2D eigenvalue weighted by Crippen LogP contribution is 2.17. The Labute approximate surface area is 361 Å². The third kappa shape index (κ3) is 45.5. The van der Waals surface area contributed by atoms with Gasteiger partial charge in [-0.2, -0.15) is 0 Å². The molecule has 0 bridgehead atoms. The fourth-order valence-corrected chi connectivity index (χ4v) is 7.76. The highest BCUT2D eigenvalue weighted by Gasteiger charge is 2.19. The molecule has 0 rings (SSSR count). The molecule has 0 saturated heterocycles. The van der Waals surface area contributed by atoms with E-state index in [1.807, 2.05) is 0 Å². The first-order chi connectivity index (χ1) is 28.1. The Morgan fingerprint density at radius 3 is 0.741 bits per heavy atom. The zero-order valence-corrected chi connectivity index (χ0v) is 39.8. The normalized spacial score (nSPS) is 12.2. The quantitative estimate of drug-likeness (QED) is 0.0346. The van der Waals surface area contributed by atoms with Crippen LogP contribution >= 0.6 is 0 Å². The molecule has 0 aliphatic carbocycles. The molecule has 0 aromatic heterocycles. The Hall–Kier alpha value is -1.59. The molecule has 0 aliphatic heterocycles. The van der Waals surface area contributed by atoms with Crippen LogP contribution in [-0.2, 0) is 28.6 Å².